The second kappa shape index (κ2) is 5.01. The summed E-state index contributed by atoms with van der Waals surface area (Å²) in [5.41, 5.74) is 2.19. The number of benzene rings is 1. The first-order chi connectivity index (χ1) is 8.29. The molecule has 17 heavy (non-hydrogen) atoms. The summed E-state index contributed by atoms with van der Waals surface area (Å²) in [6.45, 7) is 2.13. The van der Waals surface area contributed by atoms with Crippen LogP contribution in [0.1, 0.15) is 31.7 Å². The summed E-state index contributed by atoms with van der Waals surface area (Å²) in [7, 11) is 0. The van der Waals surface area contributed by atoms with E-state index in [1.54, 1.807) is 0 Å². The van der Waals surface area contributed by atoms with E-state index in [1.165, 1.54) is 11.1 Å². The van der Waals surface area contributed by atoms with Gasteiger partial charge in [0.05, 0.1) is 11.5 Å². The quantitative estimate of drug-likeness (QED) is 0.747. The molecule has 0 spiro atoms. The minimum Gasteiger partial charge on any atom is -0.197 e. The molecule has 0 aromatic heterocycles. The molecule has 2 rings (SSSR count). The number of allylic oxidation sites excluding steroid dienone is 4. The van der Waals surface area contributed by atoms with Crippen LogP contribution >= 0.6 is 0 Å². The van der Waals surface area contributed by atoms with Crippen LogP contribution in [0, 0.1) is 16.7 Å². The fourth-order valence-corrected chi connectivity index (χ4v) is 2.29. The van der Waals surface area contributed by atoms with Crippen molar-refractivity contribution in [3.05, 3.63) is 54.1 Å². The molecule has 1 aliphatic carbocycles. The highest BCUT2D eigenvalue weighted by Crippen LogP contribution is 2.36. The van der Waals surface area contributed by atoms with Gasteiger partial charge >= 0.3 is 0 Å². The third kappa shape index (κ3) is 2.47. The summed E-state index contributed by atoms with van der Waals surface area (Å²) in [5, 5.41) is 9.30. The average Bonchev–Trinajstić information content (AvgIpc) is 2.41. The highest BCUT2D eigenvalue weighted by atomic mass is 14.4. The zero-order valence-corrected chi connectivity index (χ0v) is 10.2. The lowest BCUT2D eigenvalue weighted by atomic mass is 9.77. The van der Waals surface area contributed by atoms with E-state index in [-0.39, 0.29) is 5.41 Å². The molecule has 0 fully saturated rings. The van der Waals surface area contributed by atoms with Gasteiger partial charge in [0, 0.05) is 0 Å². The van der Waals surface area contributed by atoms with Crippen molar-refractivity contribution >= 4 is 5.57 Å². The molecule has 0 N–H and O–H groups in total. The molecule has 1 atom stereocenters. The summed E-state index contributed by atoms with van der Waals surface area (Å²) in [6, 6.07) is 12.8. The fraction of sp³-hybridized carbons (Fsp3) is 0.312. The number of nitriles is 1. The first kappa shape index (κ1) is 11.7. The highest BCUT2D eigenvalue weighted by molar-refractivity contribution is 5.75. The van der Waals surface area contributed by atoms with Crippen molar-refractivity contribution in [2.24, 2.45) is 5.41 Å². The van der Waals surface area contributed by atoms with Crippen LogP contribution in [0.3, 0.4) is 0 Å². The first-order valence-electron chi connectivity index (χ1n) is 6.16. The number of hydrogen-bond donors (Lipinski definition) is 0. The fourth-order valence-electron chi connectivity index (χ4n) is 2.29. The molecule has 86 valence electrons. The van der Waals surface area contributed by atoms with Gasteiger partial charge in [-0.2, -0.15) is 5.26 Å². The molecule has 1 aromatic carbocycles. The van der Waals surface area contributed by atoms with Gasteiger partial charge in [-0.05, 0) is 24.0 Å². The largest absolute Gasteiger partial charge is 0.197 e. The third-order valence-corrected chi connectivity index (χ3v) is 3.29. The number of rotatable bonds is 3. The maximum Gasteiger partial charge on any atom is 0.0791 e. The van der Waals surface area contributed by atoms with E-state index in [0.717, 1.165) is 19.3 Å². The molecule has 0 unspecified atom stereocenters. The van der Waals surface area contributed by atoms with Crippen molar-refractivity contribution in [2.75, 3.05) is 0 Å². The van der Waals surface area contributed by atoms with Crippen LogP contribution in [0.2, 0.25) is 0 Å². The van der Waals surface area contributed by atoms with E-state index in [0.29, 0.717) is 0 Å². The van der Waals surface area contributed by atoms with E-state index in [2.05, 4.69) is 43.4 Å². The minimum absolute atomic E-state index is 0.271. The summed E-state index contributed by atoms with van der Waals surface area (Å²) >= 11 is 0. The molecule has 0 saturated carbocycles. The van der Waals surface area contributed by atoms with E-state index in [1.807, 2.05) is 18.2 Å². The molecule has 1 aromatic rings. The van der Waals surface area contributed by atoms with Crippen molar-refractivity contribution in [2.45, 2.75) is 26.2 Å². The Balaban J connectivity index is 2.19. The van der Waals surface area contributed by atoms with Gasteiger partial charge < -0.3 is 0 Å². The van der Waals surface area contributed by atoms with Crippen molar-refractivity contribution in [3.63, 3.8) is 0 Å². The molecular weight excluding hydrogens is 206 g/mol. The summed E-state index contributed by atoms with van der Waals surface area (Å²) in [4.78, 5) is 0. The monoisotopic (exact) mass is 223 g/mol. The Morgan fingerprint density at radius 2 is 2.06 bits per heavy atom. The van der Waals surface area contributed by atoms with Gasteiger partial charge in [-0.3, -0.25) is 0 Å². The Bertz CT molecular complexity index is 476. The predicted molar refractivity (Wildman–Crippen MR) is 71.1 cm³/mol. The van der Waals surface area contributed by atoms with E-state index in [9.17, 15) is 5.26 Å². The molecule has 1 aliphatic rings. The van der Waals surface area contributed by atoms with Gasteiger partial charge in [-0.25, -0.2) is 0 Å². The highest BCUT2D eigenvalue weighted by Gasteiger charge is 2.27. The normalized spacial score (nSPS) is 22.9. The standard InChI is InChI=1S/C16H17N/c1-2-10-16(13-17)11-8-15(9-12-16)14-6-4-3-5-7-14/h3-9,11H,2,10,12H2,1H3/t16-/m0/s1. The van der Waals surface area contributed by atoms with Gasteiger partial charge in [0.15, 0.2) is 0 Å². The van der Waals surface area contributed by atoms with Gasteiger partial charge in [-0.1, -0.05) is 61.9 Å². The Hall–Kier alpha value is -1.81. The molecule has 0 saturated heterocycles. The lowest BCUT2D eigenvalue weighted by molar-refractivity contribution is 0.460. The maximum absolute atomic E-state index is 9.30. The molecular formula is C16H17N. The minimum atomic E-state index is -0.271. The Labute approximate surface area is 103 Å². The Kier molecular flexibility index (Phi) is 3.44. The molecule has 0 aliphatic heterocycles. The van der Waals surface area contributed by atoms with Crippen LogP contribution in [-0.2, 0) is 0 Å². The predicted octanol–water partition coefficient (Wildman–Crippen LogP) is 4.34. The number of hydrogen-bond acceptors (Lipinski definition) is 1. The van der Waals surface area contributed by atoms with Crippen molar-refractivity contribution in [1.82, 2.24) is 0 Å². The summed E-state index contributed by atoms with van der Waals surface area (Å²) in [6.07, 6.45) is 9.19. The van der Waals surface area contributed by atoms with E-state index >= 15 is 0 Å². The van der Waals surface area contributed by atoms with Gasteiger partial charge in [0.1, 0.15) is 0 Å². The van der Waals surface area contributed by atoms with Crippen molar-refractivity contribution in [3.8, 4) is 6.07 Å². The van der Waals surface area contributed by atoms with Crippen LogP contribution in [0.15, 0.2) is 48.6 Å². The lowest BCUT2D eigenvalue weighted by Crippen LogP contribution is -2.16. The zero-order chi connectivity index (χ0) is 12.1. The first-order valence-corrected chi connectivity index (χ1v) is 6.16. The molecule has 0 amide bonds. The topological polar surface area (TPSA) is 23.8 Å². The van der Waals surface area contributed by atoms with Gasteiger partial charge in [0.25, 0.3) is 0 Å². The molecule has 1 nitrogen and oxygen atoms in total. The summed E-state index contributed by atoms with van der Waals surface area (Å²) < 4.78 is 0. The van der Waals surface area contributed by atoms with Crippen LogP contribution in [0.25, 0.3) is 5.57 Å². The van der Waals surface area contributed by atoms with Crippen LogP contribution < -0.4 is 0 Å². The smallest absolute Gasteiger partial charge is 0.0791 e. The SMILES string of the molecule is CCC[C@]1(C#N)C=CC(c2ccccc2)=CC1. The lowest BCUT2D eigenvalue weighted by Gasteiger charge is -2.24. The van der Waals surface area contributed by atoms with E-state index in [4.69, 9.17) is 0 Å². The molecule has 0 radical (unpaired) electrons. The second-order valence-electron chi connectivity index (χ2n) is 4.58. The zero-order valence-electron chi connectivity index (χ0n) is 10.2. The number of nitrogens with zero attached hydrogens (tertiary/aromatic N) is 1. The summed E-state index contributed by atoms with van der Waals surface area (Å²) in [5.74, 6) is 0. The van der Waals surface area contributed by atoms with Crippen LogP contribution in [-0.4, -0.2) is 0 Å². The Morgan fingerprint density at radius 1 is 1.29 bits per heavy atom. The van der Waals surface area contributed by atoms with Crippen LogP contribution in [0.4, 0.5) is 0 Å². The van der Waals surface area contributed by atoms with Crippen molar-refractivity contribution in [1.29, 1.82) is 5.26 Å². The maximum atomic E-state index is 9.30. The third-order valence-electron chi connectivity index (χ3n) is 3.29. The van der Waals surface area contributed by atoms with Gasteiger partial charge in [-0.15, -0.1) is 0 Å². The van der Waals surface area contributed by atoms with Gasteiger partial charge in [0.2, 0.25) is 0 Å². The Morgan fingerprint density at radius 3 is 2.59 bits per heavy atom. The molecule has 0 heterocycles. The average molecular weight is 223 g/mol. The van der Waals surface area contributed by atoms with E-state index < -0.39 is 0 Å². The van der Waals surface area contributed by atoms with Crippen LogP contribution in [0.5, 0.6) is 0 Å². The molecule has 1 heteroatoms. The van der Waals surface area contributed by atoms with Crippen molar-refractivity contribution < 1.29 is 0 Å². The molecule has 0 bridgehead atoms. The second-order valence-corrected chi connectivity index (χ2v) is 4.58.